The Morgan fingerprint density at radius 1 is 1.18 bits per heavy atom. The number of carbonyl (C=O) groups is 1. The van der Waals surface area contributed by atoms with Gasteiger partial charge in [-0.15, -0.1) is 0 Å². The van der Waals surface area contributed by atoms with Gasteiger partial charge in [-0.1, -0.05) is 58.4 Å². The summed E-state index contributed by atoms with van der Waals surface area (Å²) >= 11 is 3.52. The molecule has 4 aromatic rings. The Bertz CT molecular complexity index is 1450. The van der Waals surface area contributed by atoms with Gasteiger partial charge in [0.15, 0.2) is 5.60 Å². The molecule has 6 rings (SSSR count). The summed E-state index contributed by atoms with van der Waals surface area (Å²) in [4.78, 5) is 16.1. The minimum absolute atomic E-state index is 0.00279. The molecule has 0 bridgehead atoms. The van der Waals surface area contributed by atoms with Gasteiger partial charge in [-0.25, -0.2) is 0 Å². The molecule has 3 unspecified atom stereocenters. The molecule has 2 aromatic heterocycles. The van der Waals surface area contributed by atoms with Crippen LogP contribution in [0, 0.1) is 0 Å². The van der Waals surface area contributed by atoms with E-state index in [-0.39, 0.29) is 5.92 Å². The van der Waals surface area contributed by atoms with Crippen molar-refractivity contribution in [3.63, 3.8) is 0 Å². The van der Waals surface area contributed by atoms with Crippen LogP contribution in [0.3, 0.4) is 0 Å². The Hall–Kier alpha value is -3.69. The number of pyridine rings is 1. The molecule has 1 aliphatic heterocycles. The number of aromatic nitrogens is 3. The van der Waals surface area contributed by atoms with Crippen LogP contribution in [0.25, 0.3) is 0 Å². The highest BCUT2D eigenvalue weighted by Crippen LogP contribution is 2.67. The molecule has 1 amide bonds. The standard InChI is InChI=1S/C23H20BrNO3.C7H11N3O/c1-27-19-13-25-14-20-21(19)22(26)12-11-18(15-5-3-2-4-6-15)23(22,28-20)16-7-9-17(24)10-8-16;1-9(6-11)5-7-3-4-8-10(7)2/h2-10,13-14,18,26H,11-12H2,1H3;3-4,6H,5H2,1-2H3. The summed E-state index contributed by atoms with van der Waals surface area (Å²) in [7, 11) is 5.19. The SMILES string of the molecule is CN(C=O)Cc1ccnn1C.COc1cncc2c1C1(O)CCC(c3ccccc3)C1(c1ccc(Br)cc1)O2. The summed E-state index contributed by atoms with van der Waals surface area (Å²) in [6.07, 6.45) is 7.23. The third kappa shape index (κ3) is 4.59. The fourth-order valence-electron chi connectivity index (χ4n) is 5.87. The van der Waals surface area contributed by atoms with E-state index in [0.29, 0.717) is 30.0 Å². The zero-order valence-electron chi connectivity index (χ0n) is 22.1. The molecular weight excluding hydrogens is 560 g/mol. The van der Waals surface area contributed by atoms with Gasteiger partial charge >= 0.3 is 0 Å². The number of carbonyl (C=O) groups excluding carboxylic acids is 1. The highest BCUT2D eigenvalue weighted by Gasteiger charge is 2.69. The molecule has 8 nitrogen and oxygen atoms in total. The topological polar surface area (TPSA) is 89.7 Å². The number of halogens is 1. The van der Waals surface area contributed by atoms with Crippen molar-refractivity contribution < 1.29 is 19.4 Å². The molecule has 39 heavy (non-hydrogen) atoms. The molecule has 2 aliphatic rings. The van der Waals surface area contributed by atoms with Gasteiger partial charge in [0.25, 0.3) is 0 Å². The van der Waals surface area contributed by atoms with Crippen molar-refractivity contribution in [3.8, 4) is 11.5 Å². The number of hydrogen-bond acceptors (Lipinski definition) is 6. The number of aryl methyl sites for hydroxylation is 1. The normalized spacial score (nSPS) is 22.6. The summed E-state index contributed by atoms with van der Waals surface area (Å²) in [5.41, 5.74) is 1.69. The lowest BCUT2D eigenvalue weighted by Gasteiger charge is -2.40. The number of fused-ring (bicyclic) bond motifs is 3. The summed E-state index contributed by atoms with van der Waals surface area (Å²) in [5, 5.41) is 16.1. The van der Waals surface area contributed by atoms with Crippen LogP contribution in [0.5, 0.6) is 11.5 Å². The Morgan fingerprint density at radius 2 is 1.92 bits per heavy atom. The van der Waals surface area contributed by atoms with Crippen LogP contribution in [0.4, 0.5) is 0 Å². The fraction of sp³-hybridized carbons (Fsp3) is 0.300. The second-order valence-corrected chi connectivity index (χ2v) is 10.8. The van der Waals surface area contributed by atoms with E-state index in [1.165, 1.54) is 0 Å². The van der Waals surface area contributed by atoms with Crippen molar-refractivity contribution in [2.75, 3.05) is 14.2 Å². The number of aliphatic hydroxyl groups is 1. The predicted octanol–water partition coefficient (Wildman–Crippen LogP) is 4.91. The second-order valence-electron chi connectivity index (χ2n) is 9.89. The highest BCUT2D eigenvalue weighted by atomic mass is 79.9. The quantitative estimate of drug-likeness (QED) is 0.321. The molecule has 0 radical (unpaired) electrons. The molecule has 3 atom stereocenters. The number of nitrogens with zero attached hydrogens (tertiary/aromatic N) is 4. The Balaban J connectivity index is 0.000000237. The van der Waals surface area contributed by atoms with Gasteiger partial charge in [-0.3, -0.25) is 14.5 Å². The number of hydrogen-bond donors (Lipinski definition) is 1. The van der Waals surface area contributed by atoms with Crippen molar-refractivity contribution >= 4 is 22.3 Å². The molecule has 0 saturated heterocycles. The number of benzene rings is 2. The van der Waals surface area contributed by atoms with Crippen molar-refractivity contribution in [2.24, 2.45) is 7.05 Å². The average Bonchev–Trinajstić information content (AvgIpc) is 3.58. The van der Waals surface area contributed by atoms with Gasteiger partial charge in [-0.2, -0.15) is 5.10 Å². The van der Waals surface area contributed by atoms with E-state index in [4.69, 9.17) is 9.47 Å². The third-order valence-corrected chi connectivity index (χ3v) is 8.20. The monoisotopic (exact) mass is 590 g/mol. The number of rotatable bonds is 6. The Kier molecular flexibility index (Phi) is 7.46. The molecule has 9 heteroatoms. The first-order valence-electron chi connectivity index (χ1n) is 12.7. The van der Waals surface area contributed by atoms with E-state index in [0.717, 1.165) is 34.1 Å². The summed E-state index contributed by atoms with van der Waals surface area (Å²) in [6, 6.07) is 20.2. The highest BCUT2D eigenvalue weighted by molar-refractivity contribution is 9.10. The zero-order chi connectivity index (χ0) is 27.6. The van der Waals surface area contributed by atoms with E-state index in [1.54, 1.807) is 42.3 Å². The van der Waals surface area contributed by atoms with Crippen LogP contribution in [-0.4, -0.2) is 45.3 Å². The molecule has 1 N–H and O–H groups in total. The molecule has 0 spiro atoms. The van der Waals surface area contributed by atoms with Gasteiger partial charge < -0.3 is 19.5 Å². The minimum atomic E-state index is -1.20. The number of amides is 1. The first-order chi connectivity index (χ1) is 18.8. The molecular formula is C30H31BrN4O4. The lowest BCUT2D eigenvalue weighted by molar-refractivity contribution is -0.117. The van der Waals surface area contributed by atoms with Crippen LogP contribution >= 0.6 is 15.9 Å². The van der Waals surface area contributed by atoms with E-state index in [1.807, 2.05) is 55.6 Å². The molecule has 1 fully saturated rings. The number of methoxy groups -OCH3 is 1. The van der Waals surface area contributed by atoms with Gasteiger partial charge in [0.05, 0.1) is 37.3 Å². The van der Waals surface area contributed by atoms with Crippen molar-refractivity contribution in [2.45, 2.75) is 36.5 Å². The van der Waals surface area contributed by atoms with Gasteiger partial charge in [0.1, 0.15) is 17.1 Å². The maximum atomic E-state index is 12.2. The fourth-order valence-corrected chi connectivity index (χ4v) is 6.13. The molecule has 1 aliphatic carbocycles. The van der Waals surface area contributed by atoms with Crippen molar-refractivity contribution in [1.29, 1.82) is 0 Å². The third-order valence-electron chi connectivity index (χ3n) is 7.67. The second kappa shape index (κ2) is 10.8. The summed E-state index contributed by atoms with van der Waals surface area (Å²) in [5.74, 6) is 1.15. The first-order valence-corrected chi connectivity index (χ1v) is 13.5. The maximum absolute atomic E-state index is 12.2. The van der Waals surface area contributed by atoms with E-state index >= 15 is 0 Å². The van der Waals surface area contributed by atoms with Crippen LogP contribution in [0.2, 0.25) is 0 Å². The lowest BCUT2D eigenvalue weighted by atomic mass is 9.72. The van der Waals surface area contributed by atoms with E-state index < -0.39 is 11.2 Å². The van der Waals surface area contributed by atoms with Crippen LogP contribution in [0.1, 0.15) is 41.1 Å². The van der Waals surface area contributed by atoms with E-state index in [9.17, 15) is 9.90 Å². The predicted molar refractivity (Wildman–Crippen MR) is 150 cm³/mol. The van der Waals surface area contributed by atoms with Crippen LogP contribution < -0.4 is 9.47 Å². The van der Waals surface area contributed by atoms with Crippen LogP contribution in [0.15, 0.2) is 83.7 Å². The van der Waals surface area contributed by atoms with Crippen molar-refractivity contribution in [3.05, 3.63) is 106 Å². The summed E-state index contributed by atoms with van der Waals surface area (Å²) < 4.78 is 14.9. The van der Waals surface area contributed by atoms with E-state index in [2.05, 4.69) is 38.1 Å². The Morgan fingerprint density at radius 3 is 2.56 bits per heavy atom. The molecule has 202 valence electrons. The smallest absolute Gasteiger partial charge is 0.209 e. The maximum Gasteiger partial charge on any atom is 0.209 e. The van der Waals surface area contributed by atoms with Gasteiger partial charge in [0, 0.05) is 30.7 Å². The number of ether oxygens (including phenoxy) is 2. The Labute approximate surface area is 236 Å². The van der Waals surface area contributed by atoms with Crippen molar-refractivity contribution in [1.82, 2.24) is 19.7 Å². The largest absolute Gasteiger partial charge is 0.495 e. The van der Waals surface area contributed by atoms with Gasteiger partial charge in [-0.05, 0) is 42.2 Å². The molecule has 1 saturated carbocycles. The lowest BCUT2D eigenvalue weighted by Crippen LogP contribution is -2.48. The molecule has 3 heterocycles. The average molecular weight is 592 g/mol. The van der Waals surface area contributed by atoms with Crippen LogP contribution in [-0.2, 0) is 29.6 Å². The first kappa shape index (κ1) is 26.9. The molecule has 2 aromatic carbocycles. The zero-order valence-corrected chi connectivity index (χ0v) is 23.7. The summed E-state index contributed by atoms with van der Waals surface area (Å²) in [6.45, 7) is 0.611. The van der Waals surface area contributed by atoms with Gasteiger partial charge in [0.2, 0.25) is 6.41 Å². The minimum Gasteiger partial charge on any atom is -0.495 e.